The number of hydrogen-bond acceptors (Lipinski definition) is 2. The second-order valence-electron chi connectivity index (χ2n) is 6.61. The minimum absolute atomic E-state index is 0.0724. The molecular formula is C18H25BrO2. The molecule has 1 aromatic carbocycles. The highest BCUT2D eigenvalue weighted by molar-refractivity contribution is 9.10. The first kappa shape index (κ1) is 16.7. The van der Waals surface area contributed by atoms with E-state index in [4.69, 9.17) is 4.74 Å². The highest BCUT2D eigenvalue weighted by Crippen LogP contribution is 2.35. The van der Waals surface area contributed by atoms with Crippen LogP contribution < -0.4 is 0 Å². The average molecular weight is 353 g/mol. The van der Waals surface area contributed by atoms with Gasteiger partial charge in [0, 0.05) is 10.0 Å². The number of ketones is 1. The van der Waals surface area contributed by atoms with E-state index in [0.717, 1.165) is 16.5 Å². The first-order valence-corrected chi connectivity index (χ1v) is 8.67. The zero-order valence-electron chi connectivity index (χ0n) is 13.1. The Bertz CT molecular complexity index is 467. The molecule has 0 radical (unpaired) electrons. The SMILES string of the molecule is CC1CCC(C(C)C)C(OCC(=O)c2ccc(Br)cc2)C1. The van der Waals surface area contributed by atoms with E-state index in [1.165, 1.54) is 12.8 Å². The third-order valence-electron chi connectivity index (χ3n) is 4.56. The maximum absolute atomic E-state index is 12.2. The van der Waals surface area contributed by atoms with Crippen LogP contribution in [0, 0.1) is 17.8 Å². The second kappa shape index (κ2) is 7.55. The Kier molecular flexibility index (Phi) is 6.00. The average Bonchev–Trinajstić information content (AvgIpc) is 2.45. The monoisotopic (exact) mass is 352 g/mol. The summed E-state index contributed by atoms with van der Waals surface area (Å²) in [4.78, 5) is 12.2. The fraction of sp³-hybridized carbons (Fsp3) is 0.611. The normalized spacial score (nSPS) is 26.0. The lowest BCUT2D eigenvalue weighted by Gasteiger charge is -2.37. The van der Waals surface area contributed by atoms with E-state index in [-0.39, 0.29) is 18.5 Å². The molecule has 0 heterocycles. The fourth-order valence-electron chi connectivity index (χ4n) is 3.21. The number of ether oxygens (including phenoxy) is 1. The van der Waals surface area contributed by atoms with Crippen LogP contribution in [0.5, 0.6) is 0 Å². The second-order valence-corrected chi connectivity index (χ2v) is 7.52. The van der Waals surface area contributed by atoms with E-state index in [2.05, 4.69) is 36.7 Å². The Morgan fingerprint density at radius 3 is 2.57 bits per heavy atom. The van der Waals surface area contributed by atoms with Gasteiger partial charge in [-0.1, -0.05) is 55.3 Å². The van der Waals surface area contributed by atoms with Crippen molar-refractivity contribution in [3.63, 3.8) is 0 Å². The molecule has 1 fully saturated rings. The first-order chi connectivity index (χ1) is 9.97. The summed E-state index contributed by atoms with van der Waals surface area (Å²) in [6.45, 7) is 6.99. The van der Waals surface area contributed by atoms with Gasteiger partial charge in [0.25, 0.3) is 0 Å². The lowest BCUT2D eigenvalue weighted by Crippen LogP contribution is -2.35. The van der Waals surface area contributed by atoms with Crippen LogP contribution in [0.2, 0.25) is 0 Å². The summed E-state index contributed by atoms with van der Waals surface area (Å²) >= 11 is 3.38. The fourth-order valence-corrected chi connectivity index (χ4v) is 3.47. The third kappa shape index (κ3) is 4.65. The van der Waals surface area contributed by atoms with Crippen LogP contribution in [0.1, 0.15) is 50.4 Å². The topological polar surface area (TPSA) is 26.3 Å². The molecule has 0 aliphatic heterocycles. The highest BCUT2D eigenvalue weighted by Gasteiger charge is 2.31. The van der Waals surface area contributed by atoms with Crippen LogP contribution in [0.4, 0.5) is 0 Å². The number of rotatable bonds is 5. The molecule has 2 nitrogen and oxygen atoms in total. The third-order valence-corrected chi connectivity index (χ3v) is 5.08. The molecule has 1 aliphatic rings. The minimum atomic E-state index is 0.0724. The quantitative estimate of drug-likeness (QED) is 0.688. The Balaban J connectivity index is 1.93. The van der Waals surface area contributed by atoms with Gasteiger partial charge in [0.1, 0.15) is 6.61 Å². The number of hydrogen-bond donors (Lipinski definition) is 0. The largest absolute Gasteiger partial charge is 0.370 e. The van der Waals surface area contributed by atoms with Crippen LogP contribution >= 0.6 is 15.9 Å². The van der Waals surface area contributed by atoms with Crippen molar-refractivity contribution in [1.82, 2.24) is 0 Å². The lowest BCUT2D eigenvalue weighted by atomic mass is 9.75. The van der Waals surface area contributed by atoms with E-state index < -0.39 is 0 Å². The molecule has 2 rings (SSSR count). The van der Waals surface area contributed by atoms with Gasteiger partial charge in [-0.25, -0.2) is 0 Å². The molecule has 0 spiro atoms. The summed E-state index contributed by atoms with van der Waals surface area (Å²) in [5.41, 5.74) is 0.725. The van der Waals surface area contributed by atoms with Crippen molar-refractivity contribution in [2.24, 2.45) is 17.8 Å². The van der Waals surface area contributed by atoms with Crippen LogP contribution in [0.3, 0.4) is 0 Å². The number of carbonyl (C=O) groups is 1. The van der Waals surface area contributed by atoms with E-state index in [9.17, 15) is 4.79 Å². The zero-order chi connectivity index (χ0) is 15.4. The first-order valence-electron chi connectivity index (χ1n) is 7.87. The number of halogens is 1. The summed E-state index contributed by atoms with van der Waals surface area (Å²) in [6, 6.07) is 7.48. The van der Waals surface area contributed by atoms with Gasteiger partial charge in [0.15, 0.2) is 5.78 Å². The molecule has 0 N–H and O–H groups in total. The van der Waals surface area contributed by atoms with Crippen molar-refractivity contribution in [3.05, 3.63) is 34.3 Å². The summed E-state index contributed by atoms with van der Waals surface area (Å²) in [5, 5.41) is 0. The number of benzene rings is 1. The van der Waals surface area contributed by atoms with Gasteiger partial charge in [0.2, 0.25) is 0 Å². The highest BCUT2D eigenvalue weighted by atomic mass is 79.9. The molecular weight excluding hydrogens is 328 g/mol. The van der Waals surface area contributed by atoms with Gasteiger partial charge in [-0.15, -0.1) is 0 Å². The maximum atomic E-state index is 12.2. The Morgan fingerprint density at radius 1 is 1.29 bits per heavy atom. The van der Waals surface area contributed by atoms with E-state index in [0.29, 0.717) is 17.8 Å². The van der Waals surface area contributed by atoms with Crippen molar-refractivity contribution in [3.8, 4) is 0 Å². The van der Waals surface area contributed by atoms with Gasteiger partial charge >= 0.3 is 0 Å². The summed E-state index contributed by atoms with van der Waals surface area (Å²) < 4.78 is 7.00. The summed E-state index contributed by atoms with van der Waals surface area (Å²) in [7, 11) is 0. The molecule has 1 aliphatic carbocycles. The van der Waals surface area contributed by atoms with Gasteiger partial charge in [-0.2, -0.15) is 0 Å². The summed E-state index contributed by atoms with van der Waals surface area (Å²) in [5.74, 6) is 1.97. The molecule has 0 amide bonds. The minimum Gasteiger partial charge on any atom is -0.370 e. The van der Waals surface area contributed by atoms with Gasteiger partial charge in [-0.3, -0.25) is 4.79 Å². The van der Waals surface area contributed by atoms with Gasteiger partial charge < -0.3 is 4.74 Å². The van der Waals surface area contributed by atoms with Gasteiger partial charge in [0.05, 0.1) is 6.10 Å². The lowest BCUT2D eigenvalue weighted by molar-refractivity contribution is -0.0309. The molecule has 3 atom stereocenters. The van der Waals surface area contributed by atoms with Crippen molar-refractivity contribution in [2.75, 3.05) is 6.61 Å². The van der Waals surface area contributed by atoms with Crippen molar-refractivity contribution in [1.29, 1.82) is 0 Å². The van der Waals surface area contributed by atoms with Crippen LogP contribution in [0.15, 0.2) is 28.7 Å². The Labute approximate surface area is 136 Å². The molecule has 0 saturated heterocycles. The zero-order valence-corrected chi connectivity index (χ0v) is 14.7. The molecule has 21 heavy (non-hydrogen) atoms. The number of Topliss-reactive ketones (excluding diaryl/α,β-unsaturated/α-hetero) is 1. The summed E-state index contributed by atoms with van der Waals surface area (Å²) in [6.07, 6.45) is 3.81. The van der Waals surface area contributed by atoms with Crippen LogP contribution in [-0.2, 0) is 4.74 Å². The van der Waals surface area contributed by atoms with E-state index in [1.54, 1.807) is 0 Å². The Hall–Kier alpha value is -0.670. The maximum Gasteiger partial charge on any atom is 0.188 e. The van der Waals surface area contributed by atoms with Gasteiger partial charge in [-0.05, 0) is 42.7 Å². The van der Waals surface area contributed by atoms with E-state index >= 15 is 0 Å². The molecule has 3 unspecified atom stereocenters. The van der Waals surface area contributed by atoms with Crippen LogP contribution in [0.25, 0.3) is 0 Å². The molecule has 0 aromatic heterocycles. The standard InChI is InChI=1S/C18H25BrO2/c1-12(2)16-9-4-13(3)10-18(16)21-11-17(20)14-5-7-15(19)8-6-14/h5-8,12-13,16,18H,4,9-11H2,1-3H3. The van der Waals surface area contributed by atoms with E-state index in [1.807, 2.05) is 24.3 Å². The predicted octanol–water partition coefficient (Wildman–Crippen LogP) is 5.11. The predicted molar refractivity (Wildman–Crippen MR) is 89.6 cm³/mol. The Morgan fingerprint density at radius 2 is 1.95 bits per heavy atom. The molecule has 1 saturated carbocycles. The number of carbonyl (C=O) groups excluding carboxylic acids is 1. The molecule has 116 valence electrons. The van der Waals surface area contributed by atoms with Crippen molar-refractivity contribution < 1.29 is 9.53 Å². The molecule has 3 heteroatoms. The molecule has 1 aromatic rings. The molecule has 0 bridgehead atoms. The van der Waals surface area contributed by atoms with Crippen LogP contribution in [-0.4, -0.2) is 18.5 Å². The van der Waals surface area contributed by atoms with Crippen molar-refractivity contribution >= 4 is 21.7 Å². The van der Waals surface area contributed by atoms with Crippen molar-refractivity contribution in [2.45, 2.75) is 46.1 Å². The smallest absolute Gasteiger partial charge is 0.188 e.